The van der Waals surface area contributed by atoms with E-state index in [1.165, 1.54) is 22.3 Å². The fourth-order valence-corrected chi connectivity index (χ4v) is 3.11. The summed E-state index contributed by atoms with van der Waals surface area (Å²) in [5, 5.41) is 1.22. The molecule has 0 spiro atoms. The van der Waals surface area contributed by atoms with E-state index in [4.69, 9.17) is 5.73 Å². The van der Waals surface area contributed by atoms with Crippen LogP contribution in [0.2, 0.25) is 0 Å². The predicted molar refractivity (Wildman–Crippen MR) is 83.3 cm³/mol. The lowest BCUT2D eigenvalue weighted by Crippen LogP contribution is -2.42. The molecule has 0 fully saturated rings. The quantitative estimate of drug-likeness (QED) is 0.828. The second-order valence-electron chi connectivity index (χ2n) is 5.28. The predicted octanol–water partition coefficient (Wildman–Crippen LogP) is 3.43. The Morgan fingerprint density at radius 1 is 1.20 bits per heavy atom. The van der Waals surface area contributed by atoms with E-state index in [2.05, 4.69) is 58.6 Å². The van der Waals surface area contributed by atoms with Gasteiger partial charge >= 0.3 is 0 Å². The lowest BCUT2D eigenvalue weighted by molar-refractivity contribution is 0.729. The Balaban J connectivity index is 1.90. The zero-order chi connectivity index (χ0) is 13.5. The van der Waals surface area contributed by atoms with Crippen molar-refractivity contribution in [1.82, 2.24) is 4.98 Å². The largest absolute Gasteiger partial charge is 0.359 e. The van der Waals surface area contributed by atoms with Crippen LogP contribution in [0.25, 0.3) is 10.9 Å². The highest BCUT2D eigenvalue weighted by molar-refractivity contribution is 5.94. The van der Waals surface area contributed by atoms with Crippen molar-refractivity contribution in [3.05, 3.63) is 66.0 Å². The molecule has 0 saturated heterocycles. The van der Waals surface area contributed by atoms with E-state index in [0.29, 0.717) is 0 Å². The van der Waals surface area contributed by atoms with Gasteiger partial charge in [-0.2, -0.15) is 0 Å². The van der Waals surface area contributed by atoms with Crippen molar-refractivity contribution in [3.63, 3.8) is 0 Å². The number of nitrogens with zero attached hydrogens (tertiary/aromatic N) is 1. The zero-order valence-corrected chi connectivity index (χ0v) is 11.2. The number of hydrogen-bond donors (Lipinski definition) is 2. The molecular weight excluding hydrogens is 246 g/mol. The molecule has 1 aromatic carbocycles. The minimum Gasteiger partial charge on any atom is -0.359 e. The van der Waals surface area contributed by atoms with Gasteiger partial charge in [0, 0.05) is 22.8 Å². The lowest BCUT2D eigenvalue weighted by Gasteiger charge is -2.36. The Labute approximate surface area is 118 Å². The molecule has 1 aliphatic heterocycles. The van der Waals surface area contributed by atoms with Gasteiger partial charge in [-0.25, -0.2) is 0 Å². The molecule has 3 N–H and O–H groups in total. The van der Waals surface area contributed by atoms with Crippen LogP contribution in [-0.2, 0) is 0 Å². The number of nitrogens with one attached hydrogen (secondary N) is 1. The van der Waals surface area contributed by atoms with E-state index in [0.717, 1.165) is 18.4 Å². The van der Waals surface area contributed by atoms with Gasteiger partial charge in [0.2, 0.25) is 0 Å². The number of aromatic nitrogens is 1. The maximum absolute atomic E-state index is 6.34. The SMILES string of the molecule is NC1C=CC2=C(CCC=C2)N1c1c[nH]c2ccccc12. The number of hydrogen-bond acceptors (Lipinski definition) is 2. The Hall–Kier alpha value is -2.26. The highest BCUT2D eigenvalue weighted by Crippen LogP contribution is 2.36. The zero-order valence-electron chi connectivity index (χ0n) is 11.2. The topological polar surface area (TPSA) is 45.0 Å². The van der Waals surface area contributed by atoms with Crippen LogP contribution in [0.5, 0.6) is 0 Å². The van der Waals surface area contributed by atoms with E-state index >= 15 is 0 Å². The van der Waals surface area contributed by atoms with Crippen molar-refractivity contribution in [1.29, 1.82) is 0 Å². The first-order chi connectivity index (χ1) is 9.84. The molecule has 1 atom stereocenters. The molecule has 1 aromatic heterocycles. The number of H-pyrrole nitrogens is 1. The van der Waals surface area contributed by atoms with Crippen LogP contribution < -0.4 is 10.6 Å². The summed E-state index contributed by atoms with van der Waals surface area (Å²) in [6.07, 6.45) is 12.7. The molecule has 2 aromatic rings. The number of rotatable bonds is 1. The number of fused-ring (bicyclic) bond motifs is 1. The third kappa shape index (κ3) is 1.63. The fourth-order valence-electron chi connectivity index (χ4n) is 3.11. The van der Waals surface area contributed by atoms with Crippen molar-refractivity contribution in [3.8, 4) is 0 Å². The van der Waals surface area contributed by atoms with Crippen LogP contribution in [0.3, 0.4) is 0 Å². The van der Waals surface area contributed by atoms with Crippen LogP contribution in [-0.4, -0.2) is 11.1 Å². The molecule has 4 rings (SSSR count). The molecular formula is C17H17N3. The smallest absolute Gasteiger partial charge is 0.101 e. The molecule has 3 heteroatoms. The molecule has 1 unspecified atom stereocenters. The van der Waals surface area contributed by atoms with Gasteiger partial charge in [-0.3, -0.25) is 0 Å². The third-order valence-corrected chi connectivity index (χ3v) is 4.07. The van der Waals surface area contributed by atoms with Gasteiger partial charge in [-0.1, -0.05) is 36.4 Å². The molecule has 0 bridgehead atoms. The van der Waals surface area contributed by atoms with Crippen molar-refractivity contribution < 1.29 is 0 Å². The monoisotopic (exact) mass is 263 g/mol. The summed E-state index contributed by atoms with van der Waals surface area (Å²) < 4.78 is 0. The van der Waals surface area contributed by atoms with E-state index in [9.17, 15) is 0 Å². The summed E-state index contributed by atoms with van der Waals surface area (Å²) in [5.74, 6) is 0. The van der Waals surface area contributed by atoms with E-state index in [1.807, 2.05) is 6.07 Å². The van der Waals surface area contributed by atoms with E-state index < -0.39 is 0 Å². The average molecular weight is 263 g/mol. The van der Waals surface area contributed by atoms with Gasteiger partial charge in [0.25, 0.3) is 0 Å². The van der Waals surface area contributed by atoms with Gasteiger partial charge in [0.05, 0.1) is 5.69 Å². The molecule has 0 saturated carbocycles. The second-order valence-corrected chi connectivity index (χ2v) is 5.28. The number of nitrogens with two attached hydrogens (primary N) is 1. The molecule has 3 nitrogen and oxygen atoms in total. The van der Waals surface area contributed by atoms with Gasteiger partial charge in [-0.15, -0.1) is 0 Å². The number of para-hydroxylation sites is 1. The summed E-state index contributed by atoms with van der Waals surface area (Å²) >= 11 is 0. The summed E-state index contributed by atoms with van der Waals surface area (Å²) in [5.41, 5.74) is 11.3. The molecule has 0 radical (unpaired) electrons. The Morgan fingerprint density at radius 2 is 2.10 bits per heavy atom. The minimum absolute atomic E-state index is 0.0977. The summed E-state index contributed by atoms with van der Waals surface area (Å²) in [6.45, 7) is 0. The van der Waals surface area contributed by atoms with Gasteiger partial charge in [0.1, 0.15) is 6.17 Å². The standard InChI is InChI=1S/C17H17N3/c18-17-10-9-12-5-1-4-8-15(12)20(17)16-11-19-14-7-3-2-6-13(14)16/h1-3,5-7,9-11,17,19H,4,8,18H2. The first kappa shape index (κ1) is 11.6. The number of benzene rings is 1. The summed E-state index contributed by atoms with van der Waals surface area (Å²) in [7, 11) is 0. The van der Waals surface area contributed by atoms with Crippen molar-refractivity contribution in [2.75, 3.05) is 4.90 Å². The second kappa shape index (κ2) is 4.39. The molecule has 100 valence electrons. The first-order valence-corrected chi connectivity index (χ1v) is 7.03. The fraction of sp³-hybridized carbons (Fsp3) is 0.176. The maximum Gasteiger partial charge on any atom is 0.101 e. The molecule has 2 aliphatic rings. The molecule has 2 heterocycles. The molecule has 1 aliphatic carbocycles. The Kier molecular flexibility index (Phi) is 2.54. The van der Waals surface area contributed by atoms with Crippen LogP contribution in [0, 0.1) is 0 Å². The number of anilines is 1. The lowest BCUT2D eigenvalue weighted by atomic mass is 9.97. The molecule has 0 amide bonds. The Bertz CT molecular complexity index is 748. The van der Waals surface area contributed by atoms with Crippen LogP contribution in [0.15, 0.2) is 66.0 Å². The maximum atomic E-state index is 6.34. The van der Waals surface area contributed by atoms with Gasteiger partial charge in [0.15, 0.2) is 0 Å². The Morgan fingerprint density at radius 3 is 3.05 bits per heavy atom. The summed E-state index contributed by atoms with van der Waals surface area (Å²) in [6, 6.07) is 8.36. The summed E-state index contributed by atoms with van der Waals surface area (Å²) in [4.78, 5) is 5.60. The highest BCUT2D eigenvalue weighted by atomic mass is 15.2. The number of aromatic amines is 1. The highest BCUT2D eigenvalue weighted by Gasteiger charge is 2.25. The third-order valence-electron chi connectivity index (χ3n) is 4.07. The molecule has 20 heavy (non-hydrogen) atoms. The number of allylic oxidation sites excluding steroid dienone is 5. The van der Waals surface area contributed by atoms with E-state index in [1.54, 1.807) is 0 Å². The van der Waals surface area contributed by atoms with Crippen molar-refractivity contribution in [2.45, 2.75) is 19.0 Å². The van der Waals surface area contributed by atoms with E-state index in [-0.39, 0.29) is 6.17 Å². The average Bonchev–Trinajstić information content (AvgIpc) is 2.91. The minimum atomic E-state index is -0.0977. The van der Waals surface area contributed by atoms with Crippen molar-refractivity contribution in [2.24, 2.45) is 5.73 Å². The van der Waals surface area contributed by atoms with Crippen LogP contribution in [0.4, 0.5) is 5.69 Å². The van der Waals surface area contributed by atoms with Crippen molar-refractivity contribution >= 4 is 16.6 Å². The van der Waals surface area contributed by atoms with Gasteiger partial charge < -0.3 is 15.6 Å². The van der Waals surface area contributed by atoms with Crippen LogP contribution in [0.1, 0.15) is 12.8 Å². The van der Waals surface area contributed by atoms with Gasteiger partial charge in [-0.05, 0) is 30.6 Å². The first-order valence-electron chi connectivity index (χ1n) is 7.03. The normalized spacial score (nSPS) is 21.6. The van der Waals surface area contributed by atoms with Crippen LogP contribution >= 0.6 is 0 Å².